The zero-order valence-corrected chi connectivity index (χ0v) is 10.8. The standard InChI is InChI=1S/C14H19N3O/c1-11(7-8-18-2)17-13-5-3-12(4-6-13)14-9-15-10-16-14/h3-6,9-11,17H,7-8H2,1-2H3,(H,15,16). The molecule has 0 fully saturated rings. The van der Waals surface area contributed by atoms with E-state index in [1.807, 2.05) is 6.20 Å². The minimum absolute atomic E-state index is 0.406. The number of nitrogens with one attached hydrogen (secondary N) is 2. The molecule has 2 rings (SSSR count). The van der Waals surface area contributed by atoms with Crippen molar-refractivity contribution < 1.29 is 4.74 Å². The van der Waals surface area contributed by atoms with Crippen LogP contribution in [0.5, 0.6) is 0 Å². The normalized spacial score (nSPS) is 12.3. The van der Waals surface area contributed by atoms with E-state index in [-0.39, 0.29) is 0 Å². The zero-order valence-electron chi connectivity index (χ0n) is 10.8. The molecule has 1 aromatic heterocycles. The highest BCUT2D eigenvalue weighted by atomic mass is 16.5. The summed E-state index contributed by atoms with van der Waals surface area (Å²) in [5, 5.41) is 3.44. The maximum absolute atomic E-state index is 5.07. The predicted molar refractivity (Wildman–Crippen MR) is 73.6 cm³/mol. The zero-order chi connectivity index (χ0) is 12.8. The van der Waals surface area contributed by atoms with Gasteiger partial charge in [0.2, 0.25) is 0 Å². The first-order valence-electron chi connectivity index (χ1n) is 6.14. The van der Waals surface area contributed by atoms with E-state index in [0.29, 0.717) is 6.04 Å². The quantitative estimate of drug-likeness (QED) is 0.822. The molecule has 0 saturated heterocycles. The molecule has 0 aliphatic heterocycles. The fourth-order valence-electron chi connectivity index (χ4n) is 1.81. The predicted octanol–water partition coefficient (Wildman–Crippen LogP) is 2.91. The Hall–Kier alpha value is -1.81. The molecule has 0 saturated carbocycles. The molecule has 0 amide bonds. The molecule has 4 nitrogen and oxygen atoms in total. The molecule has 2 aromatic rings. The van der Waals surface area contributed by atoms with E-state index in [1.54, 1.807) is 13.4 Å². The minimum atomic E-state index is 0.406. The third-order valence-corrected chi connectivity index (χ3v) is 2.86. The van der Waals surface area contributed by atoms with Gasteiger partial charge in [-0.05, 0) is 31.0 Å². The van der Waals surface area contributed by atoms with Crippen LogP contribution < -0.4 is 5.32 Å². The summed E-state index contributed by atoms with van der Waals surface area (Å²) in [6, 6.07) is 8.74. The Balaban J connectivity index is 1.95. The first-order chi connectivity index (χ1) is 8.79. The van der Waals surface area contributed by atoms with Gasteiger partial charge >= 0.3 is 0 Å². The fraction of sp³-hybridized carbons (Fsp3) is 0.357. The molecular formula is C14H19N3O. The van der Waals surface area contributed by atoms with Crippen molar-refractivity contribution in [2.75, 3.05) is 19.0 Å². The van der Waals surface area contributed by atoms with Crippen LogP contribution in [-0.4, -0.2) is 29.7 Å². The molecule has 0 bridgehead atoms. The second-order valence-corrected chi connectivity index (χ2v) is 4.37. The summed E-state index contributed by atoms with van der Waals surface area (Å²) in [5.41, 5.74) is 3.30. The number of hydrogen-bond acceptors (Lipinski definition) is 3. The van der Waals surface area contributed by atoms with Crippen molar-refractivity contribution in [1.29, 1.82) is 0 Å². The number of rotatable bonds is 6. The molecule has 0 spiro atoms. The molecule has 0 radical (unpaired) electrons. The van der Waals surface area contributed by atoms with Crippen molar-refractivity contribution in [2.45, 2.75) is 19.4 Å². The molecule has 4 heteroatoms. The molecule has 1 heterocycles. The van der Waals surface area contributed by atoms with Gasteiger partial charge in [-0.3, -0.25) is 0 Å². The van der Waals surface area contributed by atoms with Gasteiger partial charge in [0.15, 0.2) is 0 Å². The highest BCUT2D eigenvalue weighted by Gasteiger charge is 2.02. The lowest BCUT2D eigenvalue weighted by atomic mass is 10.1. The fourth-order valence-corrected chi connectivity index (χ4v) is 1.81. The number of ether oxygens (including phenoxy) is 1. The first kappa shape index (κ1) is 12.6. The van der Waals surface area contributed by atoms with Crippen molar-refractivity contribution in [3.8, 4) is 11.3 Å². The monoisotopic (exact) mass is 245 g/mol. The third-order valence-electron chi connectivity index (χ3n) is 2.86. The van der Waals surface area contributed by atoms with Gasteiger partial charge < -0.3 is 15.0 Å². The average molecular weight is 245 g/mol. The largest absolute Gasteiger partial charge is 0.385 e. The second-order valence-electron chi connectivity index (χ2n) is 4.37. The van der Waals surface area contributed by atoms with Gasteiger partial charge in [-0.2, -0.15) is 0 Å². The van der Waals surface area contributed by atoms with Gasteiger partial charge in [-0.1, -0.05) is 12.1 Å². The molecule has 1 aromatic carbocycles. The van der Waals surface area contributed by atoms with Gasteiger partial charge in [0.05, 0.1) is 18.2 Å². The summed E-state index contributed by atoms with van der Waals surface area (Å²) in [6.07, 6.45) is 4.51. The number of aromatic nitrogens is 2. The van der Waals surface area contributed by atoms with E-state index in [0.717, 1.165) is 30.0 Å². The summed E-state index contributed by atoms with van der Waals surface area (Å²) >= 11 is 0. The summed E-state index contributed by atoms with van der Waals surface area (Å²) in [7, 11) is 1.73. The van der Waals surface area contributed by atoms with Crippen LogP contribution in [0.2, 0.25) is 0 Å². The molecular weight excluding hydrogens is 226 g/mol. The van der Waals surface area contributed by atoms with Gasteiger partial charge in [0.1, 0.15) is 0 Å². The summed E-state index contributed by atoms with van der Waals surface area (Å²) in [5.74, 6) is 0. The average Bonchev–Trinajstić information content (AvgIpc) is 2.91. The number of H-pyrrole nitrogens is 1. The van der Waals surface area contributed by atoms with Gasteiger partial charge in [0.25, 0.3) is 0 Å². The molecule has 1 unspecified atom stereocenters. The Morgan fingerprint density at radius 3 is 2.72 bits per heavy atom. The van der Waals surface area contributed by atoms with E-state index in [2.05, 4.69) is 46.5 Å². The Morgan fingerprint density at radius 2 is 2.11 bits per heavy atom. The van der Waals surface area contributed by atoms with E-state index >= 15 is 0 Å². The molecule has 0 aliphatic rings. The topological polar surface area (TPSA) is 49.9 Å². The van der Waals surface area contributed by atoms with Gasteiger partial charge in [-0.15, -0.1) is 0 Å². The van der Waals surface area contributed by atoms with Crippen LogP contribution in [0.15, 0.2) is 36.8 Å². The van der Waals surface area contributed by atoms with Gasteiger partial charge in [0, 0.05) is 25.4 Å². The lowest BCUT2D eigenvalue weighted by Crippen LogP contribution is -2.16. The number of methoxy groups -OCH3 is 1. The number of aromatic amines is 1. The van der Waals surface area contributed by atoms with Crippen LogP contribution in [0.3, 0.4) is 0 Å². The highest BCUT2D eigenvalue weighted by Crippen LogP contribution is 2.19. The van der Waals surface area contributed by atoms with Crippen LogP contribution in [0.4, 0.5) is 5.69 Å². The molecule has 1 atom stereocenters. The van der Waals surface area contributed by atoms with Crippen LogP contribution in [-0.2, 0) is 4.74 Å². The lowest BCUT2D eigenvalue weighted by molar-refractivity contribution is 0.191. The third kappa shape index (κ3) is 3.34. The Morgan fingerprint density at radius 1 is 1.33 bits per heavy atom. The van der Waals surface area contributed by atoms with Crippen molar-refractivity contribution in [3.63, 3.8) is 0 Å². The summed E-state index contributed by atoms with van der Waals surface area (Å²) in [4.78, 5) is 7.11. The SMILES string of the molecule is COCCC(C)Nc1ccc(-c2cnc[nH]2)cc1. The lowest BCUT2D eigenvalue weighted by Gasteiger charge is -2.14. The van der Waals surface area contributed by atoms with Crippen molar-refractivity contribution in [3.05, 3.63) is 36.8 Å². The Bertz CT molecular complexity index is 450. The summed E-state index contributed by atoms with van der Waals surface area (Å²) in [6.45, 7) is 2.93. The van der Waals surface area contributed by atoms with Crippen LogP contribution in [0.1, 0.15) is 13.3 Å². The molecule has 96 valence electrons. The Labute approximate surface area is 107 Å². The minimum Gasteiger partial charge on any atom is -0.385 e. The molecule has 0 aliphatic carbocycles. The van der Waals surface area contributed by atoms with E-state index < -0.39 is 0 Å². The number of nitrogens with zero attached hydrogens (tertiary/aromatic N) is 1. The smallest absolute Gasteiger partial charge is 0.0924 e. The number of hydrogen-bond donors (Lipinski definition) is 2. The maximum Gasteiger partial charge on any atom is 0.0924 e. The second kappa shape index (κ2) is 6.21. The summed E-state index contributed by atoms with van der Waals surface area (Å²) < 4.78 is 5.07. The van der Waals surface area contributed by atoms with E-state index in [1.165, 1.54) is 0 Å². The van der Waals surface area contributed by atoms with Crippen LogP contribution in [0.25, 0.3) is 11.3 Å². The van der Waals surface area contributed by atoms with Gasteiger partial charge in [-0.25, -0.2) is 4.98 Å². The number of benzene rings is 1. The molecule has 2 N–H and O–H groups in total. The van der Waals surface area contributed by atoms with Crippen molar-refractivity contribution in [2.24, 2.45) is 0 Å². The van der Waals surface area contributed by atoms with Crippen LogP contribution >= 0.6 is 0 Å². The van der Waals surface area contributed by atoms with E-state index in [4.69, 9.17) is 4.74 Å². The van der Waals surface area contributed by atoms with E-state index in [9.17, 15) is 0 Å². The Kier molecular flexibility index (Phi) is 4.36. The first-order valence-corrected chi connectivity index (χ1v) is 6.14. The number of imidazole rings is 1. The van der Waals surface area contributed by atoms with Crippen molar-refractivity contribution >= 4 is 5.69 Å². The maximum atomic E-state index is 5.07. The highest BCUT2D eigenvalue weighted by molar-refractivity contribution is 5.61. The van der Waals surface area contributed by atoms with Crippen LogP contribution in [0, 0.1) is 0 Å². The molecule has 18 heavy (non-hydrogen) atoms. The number of anilines is 1. The van der Waals surface area contributed by atoms with Crippen molar-refractivity contribution in [1.82, 2.24) is 9.97 Å².